The van der Waals surface area contributed by atoms with Gasteiger partial charge in [-0.2, -0.15) is 0 Å². The van der Waals surface area contributed by atoms with Gasteiger partial charge in [0.25, 0.3) is 0 Å². The van der Waals surface area contributed by atoms with Gasteiger partial charge in [-0.25, -0.2) is 4.98 Å². The van der Waals surface area contributed by atoms with Crippen molar-refractivity contribution < 1.29 is 0 Å². The van der Waals surface area contributed by atoms with Crippen molar-refractivity contribution >= 4 is 28.2 Å². The van der Waals surface area contributed by atoms with Gasteiger partial charge in [0.1, 0.15) is 4.99 Å². The molecule has 0 aromatic carbocycles. The van der Waals surface area contributed by atoms with E-state index in [0.29, 0.717) is 10.3 Å². The molecule has 132 valence electrons. The Labute approximate surface area is 152 Å². The molecule has 3 atom stereocenters. The van der Waals surface area contributed by atoms with Crippen LogP contribution in [0, 0.1) is 0 Å². The zero-order valence-electron chi connectivity index (χ0n) is 14.6. The average molecular weight is 366 g/mol. The van der Waals surface area contributed by atoms with Gasteiger partial charge < -0.3 is 9.80 Å². The fourth-order valence-electron chi connectivity index (χ4n) is 5.09. The second-order valence-electron chi connectivity index (χ2n) is 7.87. The number of nitrogens with zero attached hydrogens (tertiary/aromatic N) is 4. The van der Waals surface area contributed by atoms with Gasteiger partial charge in [0.15, 0.2) is 5.13 Å². The fourth-order valence-corrected chi connectivity index (χ4v) is 7.96. The molecule has 0 bridgehead atoms. The number of aromatic nitrogens is 1. The number of thiazole rings is 1. The number of hydrogen-bond donors (Lipinski definition) is 1. The third kappa shape index (κ3) is 2.21. The Bertz CT molecular complexity index is 617. The smallest absolute Gasteiger partial charge is 0.185 e. The third-order valence-corrected chi connectivity index (χ3v) is 9.21. The summed E-state index contributed by atoms with van der Waals surface area (Å²) >= 11 is 3.99. The van der Waals surface area contributed by atoms with Crippen LogP contribution in [0.25, 0.3) is 0 Å². The lowest BCUT2D eigenvalue weighted by Crippen LogP contribution is -2.61. The summed E-state index contributed by atoms with van der Waals surface area (Å²) in [4.78, 5) is 12.4. The molecule has 1 N–H and O–H groups in total. The molecule has 3 aliphatic heterocycles. The second kappa shape index (κ2) is 5.33. The Kier molecular flexibility index (Phi) is 3.53. The highest BCUT2D eigenvalue weighted by atomic mass is 32.2. The van der Waals surface area contributed by atoms with E-state index < -0.39 is 0 Å². The Hall–Kier alpha value is -0.340. The number of hydrogen-bond acceptors (Lipinski definition) is 7. The van der Waals surface area contributed by atoms with Crippen molar-refractivity contribution in [1.29, 1.82) is 0 Å². The Morgan fingerprint density at radius 1 is 1.25 bits per heavy atom. The largest absolute Gasteiger partial charge is 0.347 e. The molecule has 1 aliphatic carbocycles. The normalized spacial score (nSPS) is 42.8. The number of piperidine rings is 1. The standard InChI is InChI=1S/C17H27N5S2/c1-3-20-7-9-22(10-8-20)15(2)19-16-4-6-21(14-18-5-11-23-14)13-17(16,12-16)24-15/h5,11,19H,3-4,6-10,12-13H2,1-2H3. The van der Waals surface area contributed by atoms with Crippen molar-refractivity contribution in [2.75, 3.05) is 50.7 Å². The zero-order chi connectivity index (χ0) is 16.4. The van der Waals surface area contributed by atoms with Crippen molar-refractivity contribution in [3.63, 3.8) is 0 Å². The summed E-state index contributed by atoms with van der Waals surface area (Å²) in [6, 6.07) is 0. The first-order chi connectivity index (χ1) is 11.6. The molecular formula is C17H27N5S2. The van der Waals surface area contributed by atoms with Crippen molar-refractivity contribution in [1.82, 2.24) is 20.1 Å². The Morgan fingerprint density at radius 2 is 2.08 bits per heavy atom. The Balaban J connectivity index is 1.32. The molecular weight excluding hydrogens is 338 g/mol. The maximum Gasteiger partial charge on any atom is 0.185 e. The molecule has 3 unspecified atom stereocenters. The first-order valence-corrected chi connectivity index (χ1v) is 10.9. The molecule has 1 aromatic heterocycles. The number of thioether (sulfide) groups is 1. The summed E-state index contributed by atoms with van der Waals surface area (Å²) in [6.45, 7) is 13.0. The van der Waals surface area contributed by atoms with Crippen LogP contribution in [0.15, 0.2) is 11.6 Å². The molecule has 3 saturated heterocycles. The van der Waals surface area contributed by atoms with Gasteiger partial charge in [-0.05, 0) is 26.3 Å². The summed E-state index contributed by atoms with van der Waals surface area (Å²) in [5.41, 5.74) is 0.377. The fraction of sp³-hybridized carbons (Fsp3) is 0.824. The van der Waals surface area contributed by atoms with Crippen LogP contribution in [-0.4, -0.2) is 75.9 Å². The number of likely N-dealkylation sites (N-methyl/N-ethyl adjacent to an activating group) is 1. The molecule has 5 nitrogen and oxygen atoms in total. The SMILES string of the molecule is CCN1CCN(C2(C)NC34CCN(c5nccs5)CC3(C4)S2)CC1. The predicted molar refractivity (Wildman–Crippen MR) is 102 cm³/mol. The van der Waals surface area contributed by atoms with Gasteiger partial charge in [0.05, 0.1) is 4.75 Å². The van der Waals surface area contributed by atoms with Crippen LogP contribution >= 0.6 is 23.1 Å². The molecule has 24 heavy (non-hydrogen) atoms. The van der Waals surface area contributed by atoms with Crippen molar-refractivity contribution in [2.24, 2.45) is 0 Å². The van der Waals surface area contributed by atoms with Gasteiger partial charge >= 0.3 is 0 Å². The van der Waals surface area contributed by atoms with E-state index in [-0.39, 0.29) is 4.99 Å². The molecule has 0 amide bonds. The van der Waals surface area contributed by atoms with Crippen molar-refractivity contribution in [3.05, 3.63) is 11.6 Å². The number of nitrogens with one attached hydrogen (secondary N) is 1. The maximum absolute atomic E-state index is 4.54. The van der Waals surface area contributed by atoms with E-state index in [2.05, 4.69) is 56.0 Å². The molecule has 7 heteroatoms. The second-order valence-corrected chi connectivity index (χ2v) is 10.5. The van der Waals surface area contributed by atoms with E-state index in [4.69, 9.17) is 0 Å². The number of piperazine rings is 1. The highest BCUT2D eigenvalue weighted by Crippen LogP contribution is 2.70. The zero-order valence-corrected chi connectivity index (χ0v) is 16.3. The minimum absolute atomic E-state index is 0.108. The van der Waals surface area contributed by atoms with Crippen LogP contribution in [0.2, 0.25) is 0 Å². The molecule has 0 radical (unpaired) electrons. The molecule has 4 fully saturated rings. The van der Waals surface area contributed by atoms with Gasteiger partial charge in [-0.3, -0.25) is 10.2 Å². The minimum atomic E-state index is 0.108. The van der Waals surface area contributed by atoms with E-state index in [0.717, 1.165) is 13.1 Å². The van der Waals surface area contributed by atoms with E-state index in [1.165, 1.54) is 50.7 Å². The lowest BCUT2D eigenvalue weighted by molar-refractivity contribution is 0.0689. The van der Waals surface area contributed by atoms with Crippen LogP contribution in [0.4, 0.5) is 5.13 Å². The molecule has 1 saturated carbocycles. The maximum atomic E-state index is 4.54. The van der Waals surface area contributed by atoms with Crippen LogP contribution in [0.3, 0.4) is 0 Å². The third-order valence-electron chi connectivity index (χ3n) is 6.57. The van der Waals surface area contributed by atoms with Gasteiger partial charge in [0, 0.05) is 56.4 Å². The molecule has 5 rings (SSSR count). The average Bonchev–Trinajstić information content (AvgIpc) is 2.94. The quantitative estimate of drug-likeness (QED) is 0.881. The molecule has 1 aromatic rings. The Morgan fingerprint density at radius 3 is 2.79 bits per heavy atom. The lowest BCUT2D eigenvalue weighted by Gasteiger charge is -2.45. The van der Waals surface area contributed by atoms with E-state index >= 15 is 0 Å². The monoisotopic (exact) mass is 365 g/mol. The summed E-state index contributed by atoms with van der Waals surface area (Å²) in [5.74, 6) is 0. The van der Waals surface area contributed by atoms with Crippen molar-refractivity contribution in [2.45, 2.75) is 42.0 Å². The molecule has 4 aliphatic rings. The number of anilines is 1. The molecule has 0 spiro atoms. The van der Waals surface area contributed by atoms with Crippen LogP contribution in [-0.2, 0) is 0 Å². The highest BCUT2D eigenvalue weighted by molar-refractivity contribution is 8.02. The van der Waals surface area contributed by atoms with Crippen LogP contribution in [0.1, 0.15) is 26.7 Å². The lowest BCUT2D eigenvalue weighted by atomic mass is 10.0. The number of rotatable bonds is 3. The van der Waals surface area contributed by atoms with Gasteiger partial charge in [-0.15, -0.1) is 23.1 Å². The van der Waals surface area contributed by atoms with Crippen LogP contribution in [0.5, 0.6) is 0 Å². The summed E-state index contributed by atoms with van der Waals surface area (Å²) in [7, 11) is 0. The molecule has 4 heterocycles. The van der Waals surface area contributed by atoms with Crippen LogP contribution < -0.4 is 10.2 Å². The van der Waals surface area contributed by atoms with Gasteiger partial charge in [-0.1, -0.05) is 6.92 Å². The summed E-state index contributed by atoms with van der Waals surface area (Å²) < 4.78 is 0.396. The van der Waals surface area contributed by atoms with Crippen molar-refractivity contribution in [3.8, 4) is 0 Å². The minimum Gasteiger partial charge on any atom is -0.347 e. The van der Waals surface area contributed by atoms with E-state index in [1.807, 2.05) is 6.20 Å². The van der Waals surface area contributed by atoms with E-state index in [9.17, 15) is 0 Å². The first kappa shape index (κ1) is 15.9. The summed E-state index contributed by atoms with van der Waals surface area (Å²) in [6.07, 6.45) is 4.52. The van der Waals surface area contributed by atoms with Gasteiger partial charge in [0.2, 0.25) is 0 Å². The summed E-state index contributed by atoms with van der Waals surface area (Å²) in [5, 5.41) is 7.41. The van der Waals surface area contributed by atoms with E-state index in [1.54, 1.807) is 11.3 Å². The predicted octanol–water partition coefficient (Wildman–Crippen LogP) is 1.88. The first-order valence-electron chi connectivity index (χ1n) is 9.20. The highest BCUT2D eigenvalue weighted by Gasteiger charge is 2.77. The topological polar surface area (TPSA) is 34.6 Å².